The topological polar surface area (TPSA) is 12.5 Å². The Bertz CT molecular complexity index is 60.7. The van der Waals surface area contributed by atoms with Gasteiger partial charge in [0, 0.05) is 6.54 Å². The van der Waals surface area contributed by atoms with E-state index in [0.717, 1.165) is 14.2 Å². The quantitative estimate of drug-likeness (QED) is 0.383. The van der Waals surface area contributed by atoms with E-state index < -0.39 is 0 Å². The first kappa shape index (κ1) is 5.13. The summed E-state index contributed by atoms with van der Waals surface area (Å²) in [5.74, 6) is 0. The monoisotopic (exact) mass is 99.1 g/mol. The fourth-order valence-corrected chi connectivity index (χ4v) is 0.799. The van der Waals surface area contributed by atoms with Crippen molar-refractivity contribution in [2.24, 2.45) is 0 Å². The van der Waals surface area contributed by atoms with Crippen LogP contribution in [-0.4, -0.2) is 32.1 Å². The summed E-state index contributed by atoms with van der Waals surface area (Å²) in [6.45, 7) is 3.17. The Hall–Kier alpha value is -0.0151. The van der Waals surface area contributed by atoms with Crippen molar-refractivity contribution in [1.82, 2.24) is 4.81 Å². The highest BCUT2D eigenvalue weighted by Crippen LogP contribution is 1.99. The van der Waals surface area contributed by atoms with Crippen LogP contribution in [-0.2, 0) is 4.65 Å². The minimum atomic E-state index is 0.449. The lowest BCUT2D eigenvalue weighted by molar-refractivity contribution is 0.272. The zero-order chi connectivity index (χ0) is 5.28. The third-order valence-corrected chi connectivity index (χ3v) is 1.15. The molecule has 0 aromatic carbocycles. The maximum absolute atomic E-state index is 5.19. The van der Waals surface area contributed by atoms with Crippen molar-refractivity contribution in [1.29, 1.82) is 0 Å². The molecule has 7 heavy (non-hydrogen) atoms. The van der Waals surface area contributed by atoms with E-state index in [0.29, 0.717) is 6.10 Å². The third kappa shape index (κ3) is 1.18. The van der Waals surface area contributed by atoms with Crippen LogP contribution in [0.2, 0.25) is 0 Å². The number of likely N-dealkylation sites (N-methyl/N-ethyl adjacent to an activating group) is 1. The second-order valence-electron chi connectivity index (χ2n) is 2.15. The van der Waals surface area contributed by atoms with Crippen LogP contribution in [0, 0.1) is 0 Å². The van der Waals surface area contributed by atoms with Gasteiger partial charge in [0.25, 0.3) is 0 Å². The van der Waals surface area contributed by atoms with Gasteiger partial charge in [-0.1, -0.05) is 0 Å². The molecule has 1 rings (SSSR count). The molecule has 0 radical (unpaired) electrons. The predicted molar refractivity (Wildman–Crippen MR) is 30.3 cm³/mol. The lowest BCUT2D eigenvalue weighted by Crippen LogP contribution is -2.16. The van der Waals surface area contributed by atoms with Crippen molar-refractivity contribution >= 4 is 7.62 Å². The largest absolute Gasteiger partial charge is 0.420 e. The minimum Gasteiger partial charge on any atom is -0.420 e. The molecular weight excluding hydrogens is 88.9 g/mol. The molecule has 1 aliphatic rings. The van der Waals surface area contributed by atoms with Crippen molar-refractivity contribution in [3.05, 3.63) is 0 Å². The van der Waals surface area contributed by atoms with Gasteiger partial charge in [0.2, 0.25) is 0 Å². The Morgan fingerprint density at radius 1 is 1.86 bits per heavy atom. The number of nitrogens with zero attached hydrogens (tertiary/aromatic N) is 1. The maximum Gasteiger partial charge on any atom is 0.363 e. The zero-order valence-corrected chi connectivity index (χ0v) is 4.85. The Labute approximate surface area is 44.7 Å². The van der Waals surface area contributed by atoms with Crippen LogP contribution >= 0.6 is 0 Å². The van der Waals surface area contributed by atoms with E-state index in [2.05, 4.69) is 18.8 Å². The Balaban J connectivity index is 2.26. The van der Waals surface area contributed by atoms with E-state index in [9.17, 15) is 0 Å². The van der Waals surface area contributed by atoms with E-state index >= 15 is 0 Å². The maximum atomic E-state index is 5.19. The molecule has 0 bridgehead atoms. The minimum absolute atomic E-state index is 0.449. The first-order valence-corrected chi connectivity index (χ1v) is 2.59. The van der Waals surface area contributed by atoms with Gasteiger partial charge >= 0.3 is 7.62 Å². The average Bonchev–Trinajstić information content (AvgIpc) is 1.87. The van der Waals surface area contributed by atoms with Crippen molar-refractivity contribution in [3.8, 4) is 0 Å². The van der Waals surface area contributed by atoms with Crippen LogP contribution in [0.15, 0.2) is 0 Å². The average molecular weight is 98.9 g/mol. The summed E-state index contributed by atoms with van der Waals surface area (Å²) < 4.78 is 5.19. The molecule has 0 amide bonds. The van der Waals surface area contributed by atoms with Crippen LogP contribution < -0.4 is 0 Å². The molecule has 0 aromatic rings. The van der Waals surface area contributed by atoms with Crippen LogP contribution in [0.25, 0.3) is 0 Å². The van der Waals surface area contributed by atoms with Crippen LogP contribution in [0.1, 0.15) is 6.92 Å². The van der Waals surface area contributed by atoms with Crippen molar-refractivity contribution in [2.75, 3.05) is 13.6 Å². The zero-order valence-electron chi connectivity index (χ0n) is 4.85. The molecule has 3 heteroatoms. The summed E-state index contributed by atoms with van der Waals surface area (Å²) in [4.78, 5) is 2.16. The number of hydrogen-bond acceptors (Lipinski definition) is 2. The standard InChI is InChI=1S/C4H10BNO/c1-4-3-6(2)5-7-4/h4-5H,3H2,1-2H3. The molecule has 40 valence electrons. The van der Waals surface area contributed by atoms with Crippen molar-refractivity contribution < 1.29 is 4.65 Å². The highest BCUT2D eigenvalue weighted by molar-refractivity contribution is 6.24. The van der Waals surface area contributed by atoms with Crippen molar-refractivity contribution in [2.45, 2.75) is 13.0 Å². The van der Waals surface area contributed by atoms with E-state index in [1.165, 1.54) is 0 Å². The lowest BCUT2D eigenvalue weighted by Gasteiger charge is -2.00. The summed E-state index contributed by atoms with van der Waals surface area (Å²) >= 11 is 0. The molecule has 0 spiro atoms. The second kappa shape index (κ2) is 1.84. The van der Waals surface area contributed by atoms with E-state index in [1.807, 2.05) is 0 Å². The van der Waals surface area contributed by atoms with Gasteiger partial charge in [0.15, 0.2) is 0 Å². The molecule has 1 heterocycles. The molecule has 1 unspecified atom stereocenters. The normalized spacial score (nSPS) is 33.1. The number of hydrogen-bond donors (Lipinski definition) is 0. The van der Waals surface area contributed by atoms with E-state index in [4.69, 9.17) is 4.65 Å². The molecule has 1 atom stereocenters. The molecular formula is C4H10BNO. The van der Waals surface area contributed by atoms with E-state index in [-0.39, 0.29) is 0 Å². The Morgan fingerprint density at radius 2 is 2.57 bits per heavy atom. The highest BCUT2D eigenvalue weighted by Gasteiger charge is 2.15. The van der Waals surface area contributed by atoms with Gasteiger partial charge < -0.3 is 9.47 Å². The first-order chi connectivity index (χ1) is 3.29. The number of rotatable bonds is 0. The molecule has 0 saturated carbocycles. The fraction of sp³-hybridized carbons (Fsp3) is 1.00. The summed E-state index contributed by atoms with van der Waals surface area (Å²) in [5, 5.41) is 0. The van der Waals surface area contributed by atoms with Gasteiger partial charge in [-0.25, -0.2) is 0 Å². The SMILES string of the molecule is CC1CN(C)BO1. The van der Waals surface area contributed by atoms with Crippen LogP contribution in [0.3, 0.4) is 0 Å². The Morgan fingerprint density at radius 3 is 2.71 bits per heavy atom. The van der Waals surface area contributed by atoms with Gasteiger partial charge in [-0.3, -0.25) is 0 Å². The molecule has 0 aromatic heterocycles. The lowest BCUT2D eigenvalue weighted by atomic mass is 10.3. The van der Waals surface area contributed by atoms with Crippen LogP contribution in [0.5, 0.6) is 0 Å². The van der Waals surface area contributed by atoms with Crippen molar-refractivity contribution in [3.63, 3.8) is 0 Å². The summed E-state index contributed by atoms with van der Waals surface area (Å²) in [6, 6.07) is 0. The molecule has 1 aliphatic heterocycles. The van der Waals surface area contributed by atoms with Gasteiger partial charge in [-0.15, -0.1) is 0 Å². The fourth-order valence-electron chi connectivity index (χ4n) is 0.799. The summed E-state index contributed by atoms with van der Waals surface area (Å²) in [7, 11) is 2.87. The molecule has 0 N–H and O–H groups in total. The summed E-state index contributed by atoms with van der Waals surface area (Å²) in [5.41, 5.74) is 0. The van der Waals surface area contributed by atoms with E-state index in [1.54, 1.807) is 0 Å². The Kier molecular flexibility index (Phi) is 1.35. The first-order valence-electron chi connectivity index (χ1n) is 2.59. The van der Waals surface area contributed by atoms with Gasteiger partial charge in [0.1, 0.15) is 0 Å². The van der Waals surface area contributed by atoms with Gasteiger partial charge in [0.05, 0.1) is 6.10 Å². The predicted octanol–water partition coefficient (Wildman–Crippen LogP) is -0.397. The summed E-state index contributed by atoms with van der Waals surface area (Å²) in [6.07, 6.45) is 0.449. The third-order valence-electron chi connectivity index (χ3n) is 1.15. The highest BCUT2D eigenvalue weighted by atomic mass is 16.5. The molecule has 1 saturated heterocycles. The van der Waals surface area contributed by atoms with Crippen LogP contribution in [0.4, 0.5) is 0 Å². The molecule has 0 aliphatic carbocycles. The second-order valence-corrected chi connectivity index (χ2v) is 2.15. The molecule has 2 nitrogen and oxygen atoms in total. The van der Waals surface area contributed by atoms with Gasteiger partial charge in [-0.05, 0) is 14.0 Å². The smallest absolute Gasteiger partial charge is 0.363 e. The van der Waals surface area contributed by atoms with Gasteiger partial charge in [-0.2, -0.15) is 0 Å². The molecule has 1 fully saturated rings.